The van der Waals surface area contributed by atoms with Crippen molar-refractivity contribution in [1.82, 2.24) is 5.32 Å². The summed E-state index contributed by atoms with van der Waals surface area (Å²) in [5.74, 6) is -8.46. The van der Waals surface area contributed by atoms with Crippen LogP contribution in [0.4, 0.5) is 4.39 Å². The van der Waals surface area contributed by atoms with Crippen LogP contribution in [0.1, 0.15) is 6.42 Å². The second-order valence-electron chi connectivity index (χ2n) is 2.92. The van der Waals surface area contributed by atoms with Crippen molar-refractivity contribution in [2.45, 2.75) is 18.4 Å². The number of hydrogen-bond acceptors (Lipinski definition) is 4. The molecule has 0 rings (SSSR count). The standard InChI is InChI=1S/C6H9FNO8P/c7-4(17(14,15)16)5(11)8-2(6(12)13)1-3(9)10/h2,4H,1H2,(H,8,11)(H,9,10)(H,12,13)(H2,14,15,16). The Hall–Kier alpha value is -1.51. The first-order chi connectivity index (χ1) is 7.55. The zero-order chi connectivity index (χ0) is 13.8. The maximum Gasteiger partial charge on any atom is 0.369 e. The fourth-order valence-corrected chi connectivity index (χ4v) is 1.15. The third-order valence-electron chi connectivity index (χ3n) is 1.50. The molecule has 9 nitrogen and oxygen atoms in total. The van der Waals surface area contributed by atoms with Gasteiger partial charge in [-0.2, -0.15) is 0 Å². The van der Waals surface area contributed by atoms with Crippen LogP contribution in [0, 0.1) is 0 Å². The van der Waals surface area contributed by atoms with Crippen molar-refractivity contribution in [3.05, 3.63) is 0 Å². The molecule has 1 amide bonds. The molecule has 0 saturated heterocycles. The molecule has 0 aliphatic carbocycles. The van der Waals surface area contributed by atoms with E-state index >= 15 is 0 Å². The first kappa shape index (κ1) is 15.5. The normalized spacial score (nSPS) is 14.8. The Kier molecular flexibility index (Phi) is 5.20. The molecule has 0 saturated carbocycles. The molecule has 0 radical (unpaired) electrons. The predicted octanol–water partition coefficient (Wildman–Crippen LogP) is -1.50. The summed E-state index contributed by atoms with van der Waals surface area (Å²) in [4.78, 5) is 48.1. The van der Waals surface area contributed by atoms with E-state index in [1.807, 2.05) is 0 Å². The predicted molar refractivity (Wildman–Crippen MR) is 48.8 cm³/mol. The Labute approximate surface area is 93.4 Å². The van der Waals surface area contributed by atoms with Gasteiger partial charge < -0.3 is 25.3 Å². The minimum atomic E-state index is -5.35. The minimum Gasteiger partial charge on any atom is -0.481 e. The molecule has 17 heavy (non-hydrogen) atoms. The van der Waals surface area contributed by atoms with Crippen LogP contribution >= 0.6 is 7.60 Å². The highest BCUT2D eigenvalue weighted by Gasteiger charge is 2.38. The lowest BCUT2D eigenvalue weighted by molar-refractivity contribution is -0.147. The summed E-state index contributed by atoms with van der Waals surface area (Å²) in [5.41, 5.74) is 0. The number of amides is 1. The first-order valence-corrected chi connectivity index (χ1v) is 5.68. The molecule has 0 aliphatic heterocycles. The van der Waals surface area contributed by atoms with E-state index in [0.717, 1.165) is 0 Å². The van der Waals surface area contributed by atoms with Gasteiger partial charge in [0.2, 0.25) is 0 Å². The van der Waals surface area contributed by atoms with Crippen LogP contribution in [0.15, 0.2) is 0 Å². The van der Waals surface area contributed by atoms with E-state index in [1.54, 1.807) is 0 Å². The van der Waals surface area contributed by atoms with Gasteiger partial charge in [0.05, 0.1) is 6.42 Å². The van der Waals surface area contributed by atoms with Crippen molar-refractivity contribution in [2.24, 2.45) is 0 Å². The number of alkyl halides is 1. The zero-order valence-corrected chi connectivity index (χ0v) is 9.00. The van der Waals surface area contributed by atoms with E-state index in [4.69, 9.17) is 20.0 Å². The number of aliphatic carboxylic acids is 2. The number of carbonyl (C=O) groups is 3. The number of carboxylic acids is 2. The van der Waals surface area contributed by atoms with Crippen molar-refractivity contribution in [3.8, 4) is 0 Å². The summed E-state index contributed by atoms with van der Waals surface area (Å²) in [7, 11) is -5.35. The molecular formula is C6H9FNO8P. The van der Waals surface area contributed by atoms with Gasteiger partial charge in [-0.1, -0.05) is 0 Å². The molecule has 0 bridgehead atoms. The molecule has 0 aromatic heterocycles. The monoisotopic (exact) mass is 273 g/mol. The third-order valence-corrected chi connectivity index (χ3v) is 2.33. The summed E-state index contributed by atoms with van der Waals surface area (Å²) < 4.78 is 23.1. The lowest BCUT2D eigenvalue weighted by Crippen LogP contribution is -2.45. The molecule has 2 unspecified atom stereocenters. The van der Waals surface area contributed by atoms with Gasteiger partial charge in [-0.15, -0.1) is 0 Å². The maximum atomic E-state index is 12.7. The van der Waals surface area contributed by atoms with Gasteiger partial charge in [0.15, 0.2) is 0 Å². The van der Waals surface area contributed by atoms with Crippen LogP contribution in [-0.2, 0) is 18.9 Å². The second-order valence-corrected chi connectivity index (χ2v) is 4.55. The number of rotatable bonds is 6. The molecule has 98 valence electrons. The molecule has 0 aliphatic rings. The first-order valence-electron chi connectivity index (χ1n) is 4.00. The quantitative estimate of drug-likeness (QED) is 0.365. The van der Waals surface area contributed by atoms with E-state index in [-0.39, 0.29) is 0 Å². The van der Waals surface area contributed by atoms with Gasteiger partial charge >= 0.3 is 19.5 Å². The summed E-state index contributed by atoms with van der Waals surface area (Å²) in [6.45, 7) is 0. The Morgan fingerprint density at radius 3 is 2.00 bits per heavy atom. The molecule has 0 spiro atoms. The smallest absolute Gasteiger partial charge is 0.369 e. The van der Waals surface area contributed by atoms with Crippen molar-refractivity contribution >= 4 is 25.4 Å². The molecule has 11 heteroatoms. The van der Waals surface area contributed by atoms with Gasteiger partial charge in [0.1, 0.15) is 6.04 Å². The van der Waals surface area contributed by atoms with E-state index in [0.29, 0.717) is 0 Å². The SMILES string of the molecule is O=C(O)CC(NC(=O)C(F)P(=O)(O)O)C(=O)O. The van der Waals surface area contributed by atoms with Crippen LogP contribution in [0.5, 0.6) is 0 Å². The Morgan fingerprint density at radius 2 is 1.71 bits per heavy atom. The van der Waals surface area contributed by atoms with Crippen LogP contribution in [0.25, 0.3) is 0 Å². The molecule has 0 heterocycles. The maximum absolute atomic E-state index is 12.7. The van der Waals surface area contributed by atoms with Gasteiger partial charge in [-0.3, -0.25) is 14.2 Å². The average Bonchev–Trinajstić information content (AvgIpc) is 2.13. The van der Waals surface area contributed by atoms with Gasteiger partial charge in [-0.25, -0.2) is 9.18 Å². The topological polar surface area (TPSA) is 161 Å². The average molecular weight is 273 g/mol. The van der Waals surface area contributed by atoms with Crippen molar-refractivity contribution < 1.29 is 43.3 Å². The van der Waals surface area contributed by atoms with E-state index in [9.17, 15) is 23.3 Å². The van der Waals surface area contributed by atoms with Crippen LogP contribution < -0.4 is 5.32 Å². The van der Waals surface area contributed by atoms with Gasteiger partial charge in [0.25, 0.3) is 11.8 Å². The molecule has 0 aromatic carbocycles. The Balaban J connectivity index is 4.68. The van der Waals surface area contributed by atoms with Crippen LogP contribution in [0.2, 0.25) is 0 Å². The highest BCUT2D eigenvalue weighted by atomic mass is 31.2. The Bertz CT molecular complexity index is 378. The molecule has 0 aromatic rings. The summed E-state index contributed by atoms with van der Waals surface area (Å²) >= 11 is 0. The van der Waals surface area contributed by atoms with E-state index < -0.39 is 43.8 Å². The fourth-order valence-electron chi connectivity index (χ4n) is 0.768. The van der Waals surface area contributed by atoms with E-state index in [1.165, 1.54) is 5.32 Å². The molecule has 0 fully saturated rings. The lowest BCUT2D eigenvalue weighted by atomic mass is 10.2. The number of carboxylic acid groups (broad SMARTS) is 2. The molecule has 2 atom stereocenters. The van der Waals surface area contributed by atoms with Crippen LogP contribution in [-0.4, -0.2) is 49.8 Å². The minimum absolute atomic E-state index is 1.05. The van der Waals surface area contributed by atoms with Crippen molar-refractivity contribution in [1.29, 1.82) is 0 Å². The van der Waals surface area contributed by atoms with Crippen molar-refractivity contribution in [2.75, 3.05) is 0 Å². The fraction of sp³-hybridized carbons (Fsp3) is 0.500. The second kappa shape index (κ2) is 5.71. The van der Waals surface area contributed by atoms with Crippen molar-refractivity contribution in [3.63, 3.8) is 0 Å². The number of halogens is 1. The number of hydrogen-bond donors (Lipinski definition) is 5. The molecular weight excluding hydrogens is 264 g/mol. The summed E-state index contributed by atoms with van der Waals surface area (Å²) in [6.07, 6.45) is -1.05. The number of carbonyl (C=O) groups excluding carboxylic acids is 1. The van der Waals surface area contributed by atoms with Gasteiger partial charge in [-0.05, 0) is 0 Å². The van der Waals surface area contributed by atoms with Gasteiger partial charge in [0, 0.05) is 0 Å². The van der Waals surface area contributed by atoms with Crippen LogP contribution in [0.3, 0.4) is 0 Å². The Morgan fingerprint density at radius 1 is 1.24 bits per heavy atom. The van der Waals surface area contributed by atoms with E-state index in [2.05, 4.69) is 0 Å². The summed E-state index contributed by atoms with van der Waals surface area (Å²) in [6, 6.07) is -1.97. The largest absolute Gasteiger partial charge is 0.481 e. The zero-order valence-electron chi connectivity index (χ0n) is 8.11. The highest BCUT2D eigenvalue weighted by molar-refractivity contribution is 7.53. The number of nitrogens with one attached hydrogen (secondary N) is 1. The molecule has 5 N–H and O–H groups in total. The lowest BCUT2D eigenvalue weighted by Gasteiger charge is -2.15. The third kappa shape index (κ3) is 5.38. The summed E-state index contributed by atoms with van der Waals surface area (Å²) in [5, 5.41) is 18.1. The highest BCUT2D eigenvalue weighted by Crippen LogP contribution is 2.41.